The summed E-state index contributed by atoms with van der Waals surface area (Å²) < 4.78 is 26.7. The monoisotopic (exact) mass is 263 g/mol. The number of aromatic nitrogens is 1. The number of nitrogens with zero attached hydrogens (tertiary/aromatic N) is 1. The van der Waals surface area contributed by atoms with E-state index in [4.69, 9.17) is 15.4 Å². The van der Waals surface area contributed by atoms with Crippen molar-refractivity contribution < 1.29 is 13.2 Å². The van der Waals surface area contributed by atoms with Crippen LogP contribution in [0.4, 0.5) is 0 Å². The normalized spacial score (nSPS) is 11.4. The van der Waals surface area contributed by atoms with Crippen molar-refractivity contribution in [3.63, 3.8) is 0 Å². The Morgan fingerprint density at radius 3 is 2.81 bits per heavy atom. The second kappa shape index (κ2) is 6.06. The van der Waals surface area contributed by atoms with Gasteiger partial charge >= 0.3 is 0 Å². The molecule has 1 rings (SSSR count). The third-order valence-electron chi connectivity index (χ3n) is 2.03. The Labute approximate surface area is 100 Å². The van der Waals surface area contributed by atoms with Gasteiger partial charge in [-0.05, 0) is 31.4 Å². The van der Waals surface area contributed by atoms with Crippen LogP contribution < -0.4 is 4.74 Å². The van der Waals surface area contributed by atoms with Crippen LogP contribution in [-0.4, -0.2) is 25.8 Å². The number of halogens is 1. The summed E-state index contributed by atoms with van der Waals surface area (Å²) in [5.41, 5.74) is 1.01. The number of unbranched alkanes of at least 4 members (excludes halogenated alkanes) is 1. The maximum Gasteiger partial charge on any atom is 0.232 e. The van der Waals surface area contributed by atoms with Gasteiger partial charge in [0.25, 0.3) is 0 Å². The van der Waals surface area contributed by atoms with Gasteiger partial charge in [0.2, 0.25) is 9.05 Å². The molecule has 1 aromatic rings. The van der Waals surface area contributed by atoms with Gasteiger partial charge < -0.3 is 4.74 Å². The van der Waals surface area contributed by atoms with Crippen LogP contribution in [-0.2, 0) is 9.05 Å². The molecule has 6 heteroatoms. The predicted molar refractivity (Wildman–Crippen MR) is 63.3 cm³/mol. The number of rotatable bonds is 6. The topological polar surface area (TPSA) is 56.3 Å². The molecule has 0 radical (unpaired) electrons. The van der Waals surface area contributed by atoms with Crippen LogP contribution in [0.15, 0.2) is 18.5 Å². The van der Waals surface area contributed by atoms with Crippen LogP contribution in [0.3, 0.4) is 0 Å². The maximum atomic E-state index is 10.6. The third kappa shape index (κ3) is 5.32. The van der Waals surface area contributed by atoms with Crippen molar-refractivity contribution in [3.05, 3.63) is 24.0 Å². The molecule has 16 heavy (non-hydrogen) atoms. The van der Waals surface area contributed by atoms with Crippen LogP contribution in [0.2, 0.25) is 0 Å². The van der Waals surface area contributed by atoms with E-state index in [1.54, 1.807) is 12.4 Å². The molecule has 0 saturated carbocycles. The fourth-order valence-electron chi connectivity index (χ4n) is 1.16. The molecule has 0 N–H and O–H groups in total. The Hall–Kier alpha value is -0.810. The quantitative estimate of drug-likeness (QED) is 0.583. The van der Waals surface area contributed by atoms with Gasteiger partial charge in [0, 0.05) is 16.9 Å². The predicted octanol–water partition coefficient (Wildman–Crippen LogP) is 2.12. The minimum Gasteiger partial charge on any atom is -0.492 e. The maximum absolute atomic E-state index is 10.6. The van der Waals surface area contributed by atoms with Gasteiger partial charge in [-0.25, -0.2) is 8.42 Å². The second-order valence-electron chi connectivity index (χ2n) is 3.44. The van der Waals surface area contributed by atoms with Gasteiger partial charge in [-0.3, -0.25) is 4.98 Å². The minimum atomic E-state index is -3.37. The first-order chi connectivity index (χ1) is 7.49. The minimum absolute atomic E-state index is 0.00998. The van der Waals surface area contributed by atoms with Gasteiger partial charge in [-0.1, -0.05) is 0 Å². The summed E-state index contributed by atoms with van der Waals surface area (Å²) in [4.78, 5) is 3.94. The fourth-order valence-corrected chi connectivity index (χ4v) is 2.04. The third-order valence-corrected chi connectivity index (χ3v) is 3.27. The number of aryl methyl sites for hydroxylation is 1. The molecule has 0 bridgehead atoms. The first-order valence-electron chi connectivity index (χ1n) is 4.95. The lowest BCUT2D eigenvalue weighted by Gasteiger charge is -2.07. The molecule has 0 aliphatic rings. The highest BCUT2D eigenvalue weighted by Crippen LogP contribution is 2.14. The molecule has 0 amide bonds. The number of hydrogen-bond acceptors (Lipinski definition) is 4. The summed E-state index contributed by atoms with van der Waals surface area (Å²) in [5.74, 6) is 0.723. The van der Waals surface area contributed by atoms with Crippen LogP contribution in [0.5, 0.6) is 5.75 Å². The number of ether oxygens (including phenoxy) is 1. The molecule has 0 fully saturated rings. The Morgan fingerprint density at radius 2 is 2.19 bits per heavy atom. The average Bonchev–Trinajstić information content (AvgIpc) is 2.18. The zero-order valence-corrected chi connectivity index (χ0v) is 10.6. The van der Waals surface area contributed by atoms with Crippen molar-refractivity contribution in [2.75, 3.05) is 12.4 Å². The van der Waals surface area contributed by atoms with Crippen molar-refractivity contribution in [1.82, 2.24) is 4.98 Å². The van der Waals surface area contributed by atoms with Crippen molar-refractivity contribution >= 4 is 19.7 Å². The van der Waals surface area contributed by atoms with E-state index in [0.29, 0.717) is 19.4 Å². The molecule has 0 aromatic carbocycles. The van der Waals surface area contributed by atoms with Gasteiger partial charge in [0.05, 0.1) is 18.6 Å². The van der Waals surface area contributed by atoms with Crippen molar-refractivity contribution in [3.8, 4) is 5.75 Å². The van der Waals surface area contributed by atoms with Gasteiger partial charge in [0.15, 0.2) is 0 Å². The molecule has 0 spiro atoms. The lowest BCUT2D eigenvalue weighted by molar-refractivity contribution is 0.306. The molecule has 0 atom stereocenters. The van der Waals surface area contributed by atoms with Gasteiger partial charge in [-0.15, -0.1) is 0 Å². The van der Waals surface area contributed by atoms with Crippen LogP contribution in [0.1, 0.15) is 18.4 Å². The van der Waals surface area contributed by atoms with Crippen LogP contribution >= 0.6 is 10.7 Å². The summed E-state index contributed by atoms with van der Waals surface area (Å²) >= 11 is 0. The zero-order chi connectivity index (χ0) is 12.0. The van der Waals surface area contributed by atoms with E-state index in [-0.39, 0.29) is 5.75 Å². The van der Waals surface area contributed by atoms with Gasteiger partial charge in [0.1, 0.15) is 5.75 Å². The largest absolute Gasteiger partial charge is 0.492 e. The van der Waals surface area contributed by atoms with Crippen molar-refractivity contribution in [2.45, 2.75) is 19.8 Å². The standard InChI is InChI=1S/C10H14ClNO3S/c1-9-4-5-12-8-10(9)15-6-2-3-7-16(11,13)14/h4-5,8H,2-3,6-7H2,1H3. The van der Waals surface area contributed by atoms with Crippen LogP contribution in [0.25, 0.3) is 0 Å². The highest BCUT2D eigenvalue weighted by molar-refractivity contribution is 8.13. The molecular formula is C10H14ClNO3S. The molecule has 1 aromatic heterocycles. The lowest BCUT2D eigenvalue weighted by Crippen LogP contribution is -2.03. The van der Waals surface area contributed by atoms with Crippen molar-refractivity contribution in [1.29, 1.82) is 0 Å². The number of pyridine rings is 1. The highest BCUT2D eigenvalue weighted by Gasteiger charge is 2.04. The van der Waals surface area contributed by atoms with E-state index in [0.717, 1.165) is 11.3 Å². The number of hydrogen-bond donors (Lipinski definition) is 0. The van der Waals surface area contributed by atoms with Crippen molar-refractivity contribution in [2.24, 2.45) is 0 Å². The molecule has 0 aliphatic carbocycles. The second-order valence-corrected chi connectivity index (χ2v) is 6.34. The smallest absolute Gasteiger partial charge is 0.232 e. The van der Waals surface area contributed by atoms with E-state index in [1.165, 1.54) is 0 Å². The molecule has 90 valence electrons. The summed E-state index contributed by atoms with van der Waals surface area (Å²) in [6.45, 7) is 2.40. The average molecular weight is 264 g/mol. The summed E-state index contributed by atoms with van der Waals surface area (Å²) in [6.07, 6.45) is 4.50. The van der Waals surface area contributed by atoms with E-state index in [9.17, 15) is 8.42 Å². The van der Waals surface area contributed by atoms with E-state index in [2.05, 4.69) is 4.98 Å². The Morgan fingerprint density at radius 1 is 1.44 bits per heavy atom. The van der Waals surface area contributed by atoms with E-state index in [1.807, 2.05) is 13.0 Å². The van der Waals surface area contributed by atoms with E-state index < -0.39 is 9.05 Å². The summed E-state index contributed by atoms with van der Waals surface area (Å²) in [5, 5.41) is 0. The first kappa shape index (κ1) is 13.3. The Balaban J connectivity index is 2.24. The highest BCUT2D eigenvalue weighted by atomic mass is 35.7. The molecule has 4 nitrogen and oxygen atoms in total. The molecule has 0 aliphatic heterocycles. The van der Waals surface area contributed by atoms with E-state index >= 15 is 0 Å². The van der Waals surface area contributed by atoms with Crippen LogP contribution in [0, 0.1) is 6.92 Å². The molecule has 0 unspecified atom stereocenters. The Kier molecular flexibility index (Phi) is 5.02. The molecule has 1 heterocycles. The van der Waals surface area contributed by atoms with Gasteiger partial charge in [-0.2, -0.15) is 0 Å². The fraction of sp³-hybridized carbons (Fsp3) is 0.500. The summed E-state index contributed by atoms with van der Waals surface area (Å²) in [6, 6.07) is 1.86. The first-order valence-corrected chi connectivity index (χ1v) is 7.42. The lowest BCUT2D eigenvalue weighted by atomic mass is 10.3. The molecule has 0 saturated heterocycles. The Bertz CT molecular complexity index is 433. The SMILES string of the molecule is Cc1ccncc1OCCCCS(=O)(=O)Cl. The molecular weight excluding hydrogens is 250 g/mol. The zero-order valence-electron chi connectivity index (χ0n) is 9.02. The summed E-state index contributed by atoms with van der Waals surface area (Å²) in [7, 11) is 1.70.